The lowest BCUT2D eigenvalue weighted by Crippen LogP contribution is -2.21. The lowest BCUT2D eigenvalue weighted by molar-refractivity contribution is 0.224. The normalized spacial score (nSPS) is 12.8. The lowest BCUT2D eigenvalue weighted by Gasteiger charge is -2.21. The number of nitrogens with zero attached hydrogens (tertiary/aromatic N) is 4. The molecule has 2 aromatic heterocycles. The Bertz CT molecular complexity index is 940. The third-order valence-electron chi connectivity index (χ3n) is 4.46. The first-order chi connectivity index (χ1) is 12.2. The van der Waals surface area contributed by atoms with Crippen molar-refractivity contribution in [3.05, 3.63) is 78.3 Å². The predicted octanol–water partition coefficient (Wildman–Crippen LogP) is 4.21. The molecule has 0 unspecified atom stereocenters. The van der Waals surface area contributed by atoms with Gasteiger partial charge >= 0.3 is 0 Å². The van der Waals surface area contributed by atoms with Crippen LogP contribution in [0.3, 0.4) is 0 Å². The smallest absolute Gasteiger partial charge is 0.134 e. The van der Waals surface area contributed by atoms with Gasteiger partial charge < -0.3 is 4.42 Å². The van der Waals surface area contributed by atoms with E-state index < -0.39 is 0 Å². The molecule has 0 spiro atoms. The Labute approximate surface area is 146 Å². The maximum atomic E-state index is 5.98. The highest BCUT2D eigenvalue weighted by molar-refractivity contribution is 5.77. The molecule has 5 heteroatoms. The van der Waals surface area contributed by atoms with Gasteiger partial charge in [0.05, 0.1) is 23.6 Å². The molecule has 0 aliphatic carbocycles. The van der Waals surface area contributed by atoms with E-state index in [0.717, 1.165) is 28.1 Å². The Hall–Kier alpha value is -2.92. The van der Waals surface area contributed by atoms with E-state index in [1.807, 2.05) is 54.7 Å². The van der Waals surface area contributed by atoms with Gasteiger partial charge in [-0.05, 0) is 38.2 Å². The van der Waals surface area contributed by atoms with Crippen LogP contribution >= 0.6 is 0 Å². The summed E-state index contributed by atoms with van der Waals surface area (Å²) in [6.07, 6.45) is 1.81. The fourth-order valence-corrected chi connectivity index (χ4v) is 2.87. The van der Waals surface area contributed by atoms with E-state index in [2.05, 4.69) is 41.2 Å². The van der Waals surface area contributed by atoms with E-state index in [-0.39, 0.29) is 6.04 Å². The van der Waals surface area contributed by atoms with Gasteiger partial charge in [0.15, 0.2) is 0 Å². The van der Waals surface area contributed by atoms with Crippen molar-refractivity contribution >= 4 is 11.0 Å². The van der Waals surface area contributed by atoms with Crippen LogP contribution in [0.2, 0.25) is 0 Å². The monoisotopic (exact) mass is 332 g/mol. The second-order valence-corrected chi connectivity index (χ2v) is 6.24. The van der Waals surface area contributed by atoms with Crippen LogP contribution in [0.4, 0.5) is 0 Å². The zero-order valence-corrected chi connectivity index (χ0v) is 14.3. The molecule has 0 N–H and O–H groups in total. The molecule has 126 valence electrons. The van der Waals surface area contributed by atoms with Crippen LogP contribution in [0.1, 0.15) is 24.4 Å². The number of para-hydroxylation sites is 2. The van der Waals surface area contributed by atoms with Gasteiger partial charge in [0.2, 0.25) is 0 Å². The largest absolute Gasteiger partial charge is 0.459 e. The van der Waals surface area contributed by atoms with Crippen LogP contribution in [-0.4, -0.2) is 26.9 Å². The zero-order chi connectivity index (χ0) is 17.2. The number of benzene rings is 2. The molecule has 0 saturated heterocycles. The highest BCUT2D eigenvalue weighted by Gasteiger charge is 2.17. The van der Waals surface area contributed by atoms with Gasteiger partial charge in [0, 0.05) is 11.9 Å². The van der Waals surface area contributed by atoms with E-state index in [4.69, 9.17) is 4.42 Å². The van der Waals surface area contributed by atoms with Crippen molar-refractivity contribution < 1.29 is 4.42 Å². The minimum Gasteiger partial charge on any atom is -0.459 e. The first-order valence-corrected chi connectivity index (χ1v) is 8.36. The van der Waals surface area contributed by atoms with Crippen LogP contribution in [0.25, 0.3) is 16.7 Å². The summed E-state index contributed by atoms with van der Waals surface area (Å²) in [5.74, 6) is 0.958. The molecule has 0 aliphatic heterocycles. The SMILES string of the molecule is C[C@@H](c1cc2ccccc2o1)N(C)Cc1cnn(-c2ccccc2)n1. The third-order valence-corrected chi connectivity index (χ3v) is 4.46. The summed E-state index contributed by atoms with van der Waals surface area (Å²) < 4.78 is 5.98. The molecule has 1 atom stereocenters. The van der Waals surface area contributed by atoms with Crippen LogP contribution < -0.4 is 0 Å². The molecule has 0 saturated carbocycles. The van der Waals surface area contributed by atoms with Crippen molar-refractivity contribution in [2.24, 2.45) is 0 Å². The van der Waals surface area contributed by atoms with Gasteiger partial charge in [-0.1, -0.05) is 36.4 Å². The maximum absolute atomic E-state index is 5.98. The second-order valence-electron chi connectivity index (χ2n) is 6.24. The number of hydrogen-bond donors (Lipinski definition) is 0. The quantitative estimate of drug-likeness (QED) is 0.549. The number of hydrogen-bond acceptors (Lipinski definition) is 4. The van der Waals surface area contributed by atoms with Crippen LogP contribution in [0.5, 0.6) is 0 Å². The second kappa shape index (κ2) is 6.53. The Morgan fingerprint density at radius 1 is 1.08 bits per heavy atom. The van der Waals surface area contributed by atoms with E-state index in [1.165, 1.54) is 0 Å². The predicted molar refractivity (Wildman–Crippen MR) is 97.5 cm³/mol. The maximum Gasteiger partial charge on any atom is 0.134 e. The Kier molecular flexibility index (Phi) is 4.07. The standard InChI is InChI=1S/C20H20N4O/c1-15(20-12-16-8-6-7-11-19(16)25-20)23(2)14-17-13-21-24(22-17)18-9-4-3-5-10-18/h3-13,15H,14H2,1-2H3/t15-/m0/s1. The fraction of sp³-hybridized carbons (Fsp3) is 0.200. The van der Waals surface area contributed by atoms with Gasteiger partial charge in [0.1, 0.15) is 11.3 Å². The zero-order valence-electron chi connectivity index (χ0n) is 14.3. The van der Waals surface area contributed by atoms with Gasteiger partial charge in [-0.3, -0.25) is 4.90 Å². The molecule has 0 radical (unpaired) electrons. The first-order valence-electron chi connectivity index (χ1n) is 8.36. The highest BCUT2D eigenvalue weighted by atomic mass is 16.3. The minimum absolute atomic E-state index is 0.147. The molecule has 4 aromatic rings. The van der Waals surface area contributed by atoms with Gasteiger partial charge in [-0.2, -0.15) is 15.0 Å². The molecule has 4 rings (SSSR count). The van der Waals surface area contributed by atoms with Crippen LogP contribution in [0.15, 0.2) is 71.3 Å². The summed E-state index contributed by atoms with van der Waals surface area (Å²) in [4.78, 5) is 3.87. The molecule has 2 aromatic carbocycles. The number of furan rings is 1. The van der Waals surface area contributed by atoms with Crippen LogP contribution in [-0.2, 0) is 6.54 Å². The highest BCUT2D eigenvalue weighted by Crippen LogP contribution is 2.27. The molecule has 5 nitrogen and oxygen atoms in total. The Morgan fingerprint density at radius 3 is 2.64 bits per heavy atom. The summed E-state index contributed by atoms with van der Waals surface area (Å²) >= 11 is 0. The molecule has 2 heterocycles. The first kappa shape index (κ1) is 15.6. The molecule has 0 aliphatic rings. The molecular weight excluding hydrogens is 312 g/mol. The molecule has 0 fully saturated rings. The van der Waals surface area contributed by atoms with E-state index >= 15 is 0 Å². The summed E-state index contributed by atoms with van der Waals surface area (Å²) in [5.41, 5.74) is 2.81. The Balaban J connectivity index is 1.49. The van der Waals surface area contributed by atoms with E-state index in [1.54, 1.807) is 4.80 Å². The summed E-state index contributed by atoms with van der Waals surface area (Å²) in [7, 11) is 2.07. The van der Waals surface area contributed by atoms with Crippen molar-refractivity contribution in [1.82, 2.24) is 19.9 Å². The number of aromatic nitrogens is 3. The molecule has 0 bridgehead atoms. The topological polar surface area (TPSA) is 47.1 Å². The fourth-order valence-electron chi connectivity index (χ4n) is 2.87. The average Bonchev–Trinajstić information content (AvgIpc) is 3.28. The van der Waals surface area contributed by atoms with Crippen molar-refractivity contribution in [3.8, 4) is 5.69 Å². The van der Waals surface area contributed by atoms with Gasteiger partial charge in [-0.25, -0.2) is 0 Å². The number of rotatable bonds is 5. The average molecular weight is 332 g/mol. The van der Waals surface area contributed by atoms with E-state index in [9.17, 15) is 0 Å². The molecule has 0 amide bonds. The molecular formula is C20H20N4O. The summed E-state index contributed by atoms with van der Waals surface area (Å²) in [5, 5.41) is 10.1. The van der Waals surface area contributed by atoms with Crippen molar-refractivity contribution in [2.75, 3.05) is 7.05 Å². The lowest BCUT2D eigenvalue weighted by atomic mass is 10.2. The van der Waals surface area contributed by atoms with Gasteiger partial charge in [0.25, 0.3) is 0 Å². The Morgan fingerprint density at radius 2 is 1.84 bits per heavy atom. The summed E-state index contributed by atoms with van der Waals surface area (Å²) in [6.45, 7) is 2.84. The number of fused-ring (bicyclic) bond motifs is 1. The molecule has 25 heavy (non-hydrogen) atoms. The van der Waals surface area contributed by atoms with Crippen molar-refractivity contribution in [2.45, 2.75) is 19.5 Å². The third kappa shape index (κ3) is 3.19. The van der Waals surface area contributed by atoms with Crippen LogP contribution in [0, 0.1) is 0 Å². The van der Waals surface area contributed by atoms with E-state index in [0.29, 0.717) is 6.54 Å². The van der Waals surface area contributed by atoms with Crippen molar-refractivity contribution in [3.63, 3.8) is 0 Å². The van der Waals surface area contributed by atoms with Gasteiger partial charge in [-0.15, -0.1) is 0 Å². The van der Waals surface area contributed by atoms with Crippen molar-refractivity contribution in [1.29, 1.82) is 0 Å². The minimum atomic E-state index is 0.147. The summed E-state index contributed by atoms with van der Waals surface area (Å²) in [6, 6.07) is 20.3.